The number of amides is 1. The summed E-state index contributed by atoms with van der Waals surface area (Å²) in [4.78, 5) is 13.9. The Bertz CT molecular complexity index is 836. The molecule has 2 aromatic carbocycles. The zero-order valence-corrected chi connectivity index (χ0v) is 15.6. The molecule has 2 aliphatic rings. The van der Waals surface area contributed by atoms with E-state index in [9.17, 15) is 4.79 Å². The summed E-state index contributed by atoms with van der Waals surface area (Å²) in [5, 5.41) is -0.469. The number of rotatable bonds is 2. The first-order chi connectivity index (χ1) is 12.6. The number of fused-ring (bicyclic) bond motifs is 1. The van der Waals surface area contributed by atoms with Crippen LogP contribution in [0.3, 0.4) is 0 Å². The number of benzene rings is 2. The Morgan fingerprint density at radius 1 is 1.12 bits per heavy atom. The molecule has 3 nitrogen and oxygen atoms in total. The molecule has 26 heavy (non-hydrogen) atoms. The molecule has 0 N–H and O–H groups in total. The molecule has 1 spiro atoms. The smallest absolute Gasteiger partial charge is 0.240 e. The van der Waals surface area contributed by atoms with E-state index >= 15 is 0 Å². The van der Waals surface area contributed by atoms with E-state index in [2.05, 4.69) is 42.5 Å². The average molecular weight is 368 g/mol. The molecule has 1 atom stereocenters. The summed E-state index contributed by atoms with van der Waals surface area (Å²) in [7, 11) is 0. The Hall–Kier alpha value is -2.26. The number of nitrogens with zero attached hydrogens (tertiary/aromatic N) is 1. The Kier molecular flexibility index (Phi) is 4.49. The first-order valence-electron chi connectivity index (χ1n) is 9.07. The second kappa shape index (κ2) is 6.81. The lowest BCUT2D eigenvalue weighted by Crippen LogP contribution is -2.50. The highest BCUT2D eigenvalue weighted by Crippen LogP contribution is 2.38. The molecule has 2 heterocycles. The van der Waals surface area contributed by atoms with Crippen LogP contribution in [0.25, 0.3) is 17.2 Å². The van der Waals surface area contributed by atoms with Crippen LogP contribution in [0.5, 0.6) is 5.75 Å². The number of hydrogen-bond donors (Lipinski definition) is 0. The zero-order chi connectivity index (χ0) is 18.1. The van der Waals surface area contributed by atoms with Crippen LogP contribution in [-0.4, -0.2) is 34.9 Å². The fourth-order valence-corrected chi connectivity index (χ4v) is 3.84. The van der Waals surface area contributed by atoms with Gasteiger partial charge in [-0.1, -0.05) is 42.5 Å². The number of likely N-dealkylation sites (tertiary alicyclic amines) is 1. The minimum atomic E-state index is -0.469. The van der Waals surface area contributed by atoms with Crippen LogP contribution in [-0.2, 0) is 4.79 Å². The summed E-state index contributed by atoms with van der Waals surface area (Å²) in [6.07, 6.45) is 5.90. The van der Waals surface area contributed by atoms with E-state index in [0.29, 0.717) is 13.1 Å². The summed E-state index contributed by atoms with van der Waals surface area (Å²) in [5.74, 6) is 0.923. The van der Waals surface area contributed by atoms with E-state index in [1.807, 2.05) is 23.1 Å². The van der Waals surface area contributed by atoms with Crippen molar-refractivity contribution >= 4 is 23.6 Å². The number of halogens is 1. The van der Waals surface area contributed by atoms with Crippen LogP contribution in [0.4, 0.5) is 0 Å². The Balaban J connectivity index is 1.51. The third-order valence-corrected chi connectivity index (χ3v) is 5.45. The van der Waals surface area contributed by atoms with Crippen molar-refractivity contribution in [1.29, 1.82) is 0 Å². The molecule has 4 heteroatoms. The summed E-state index contributed by atoms with van der Waals surface area (Å²) in [5.41, 5.74) is 3.18. The first kappa shape index (κ1) is 17.2. The number of carbonyl (C=O) groups excluding carboxylic acids is 1. The lowest BCUT2D eigenvalue weighted by atomic mass is 9.87. The third kappa shape index (κ3) is 3.24. The predicted octanol–water partition coefficient (Wildman–Crippen LogP) is 4.75. The predicted molar refractivity (Wildman–Crippen MR) is 105 cm³/mol. The van der Waals surface area contributed by atoms with Gasteiger partial charge < -0.3 is 9.64 Å². The number of hydrogen-bond acceptors (Lipinski definition) is 2. The standard InChI is InChI=1S/C22H22ClNO2/c1-16(23)21(25)24-13-11-22(12-14-24)10-9-19-15-18(7-8-20(19)26-22)17-5-3-2-4-6-17/h2-10,15-16H,11-14H2,1H3. The maximum absolute atomic E-state index is 12.1. The highest BCUT2D eigenvalue weighted by atomic mass is 35.5. The molecule has 134 valence electrons. The first-order valence-corrected chi connectivity index (χ1v) is 9.51. The highest BCUT2D eigenvalue weighted by Gasteiger charge is 2.38. The summed E-state index contributed by atoms with van der Waals surface area (Å²) < 4.78 is 6.38. The fourth-order valence-electron chi connectivity index (χ4n) is 3.70. The topological polar surface area (TPSA) is 29.5 Å². The molecule has 2 aromatic rings. The van der Waals surface area contributed by atoms with Gasteiger partial charge >= 0.3 is 0 Å². The van der Waals surface area contributed by atoms with Crippen LogP contribution in [0.1, 0.15) is 25.3 Å². The van der Waals surface area contributed by atoms with Crippen molar-refractivity contribution in [2.75, 3.05) is 13.1 Å². The molecule has 1 fully saturated rings. The zero-order valence-electron chi connectivity index (χ0n) is 14.8. The molecule has 0 radical (unpaired) electrons. The minimum Gasteiger partial charge on any atom is -0.482 e. The van der Waals surface area contributed by atoms with Gasteiger partial charge in [0.05, 0.1) is 0 Å². The van der Waals surface area contributed by atoms with Gasteiger partial charge in [0.1, 0.15) is 16.7 Å². The molecule has 4 rings (SSSR count). The molecule has 0 aromatic heterocycles. The maximum Gasteiger partial charge on any atom is 0.240 e. The number of carbonyl (C=O) groups is 1. The summed E-state index contributed by atoms with van der Waals surface area (Å²) >= 11 is 5.93. The third-order valence-electron chi connectivity index (χ3n) is 5.26. The Morgan fingerprint density at radius 2 is 1.85 bits per heavy atom. The lowest BCUT2D eigenvalue weighted by Gasteiger charge is -2.42. The van der Waals surface area contributed by atoms with Gasteiger partial charge in [0, 0.05) is 31.5 Å². The number of alkyl halides is 1. The van der Waals surface area contributed by atoms with E-state index in [0.717, 1.165) is 24.2 Å². The maximum atomic E-state index is 12.1. The van der Waals surface area contributed by atoms with Crippen LogP contribution < -0.4 is 4.74 Å². The van der Waals surface area contributed by atoms with Gasteiger partial charge in [-0.2, -0.15) is 0 Å². The van der Waals surface area contributed by atoms with Crippen LogP contribution in [0.15, 0.2) is 54.6 Å². The van der Waals surface area contributed by atoms with Gasteiger partial charge in [0.25, 0.3) is 0 Å². The van der Waals surface area contributed by atoms with Crippen molar-refractivity contribution in [2.24, 2.45) is 0 Å². The normalized spacial score (nSPS) is 18.9. The van der Waals surface area contributed by atoms with Gasteiger partial charge in [-0.25, -0.2) is 0 Å². The van der Waals surface area contributed by atoms with Crippen molar-refractivity contribution in [3.63, 3.8) is 0 Å². The SMILES string of the molecule is CC(Cl)C(=O)N1CCC2(C=Cc3cc(-c4ccccc4)ccc3O2)CC1. The molecule has 0 aliphatic carbocycles. The average Bonchev–Trinajstić information content (AvgIpc) is 2.68. The second-order valence-corrected chi connectivity index (χ2v) is 7.71. The van der Waals surface area contributed by atoms with Gasteiger partial charge in [0.15, 0.2) is 0 Å². The van der Waals surface area contributed by atoms with Crippen LogP contribution in [0, 0.1) is 0 Å². The van der Waals surface area contributed by atoms with E-state index < -0.39 is 5.38 Å². The molecular formula is C22H22ClNO2. The van der Waals surface area contributed by atoms with E-state index in [-0.39, 0.29) is 11.5 Å². The number of ether oxygens (including phenoxy) is 1. The molecule has 0 saturated carbocycles. The lowest BCUT2D eigenvalue weighted by molar-refractivity contribution is -0.133. The minimum absolute atomic E-state index is 0.00853. The molecular weight excluding hydrogens is 346 g/mol. The summed E-state index contributed by atoms with van der Waals surface area (Å²) in [6.45, 7) is 3.08. The Labute approximate surface area is 159 Å². The largest absolute Gasteiger partial charge is 0.482 e. The molecule has 1 saturated heterocycles. The Morgan fingerprint density at radius 3 is 2.54 bits per heavy atom. The molecule has 1 unspecified atom stereocenters. The van der Waals surface area contributed by atoms with E-state index in [4.69, 9.17) is 16.3 Å². The van der Waals surface area contributed by atoms with Crippen molar-refractivity contribution < 1.29 is 9.53 Å². The molecule has 1 amide bonds. The highest BCUT2D eigenvalue weighted by molar-refractivity contribution is 6.30. The van der Waals surface area contributed by atoms with Gasteiger partial charge in [-0.15, -0.1) is 11.6 Å². The van der Waals surface area contributed by atoms with Gasteiger partial charge in [-0.3, -0.25) is 4.79 Å². The quantitative estimate of drug-likeness (QED) is 0.717. The van der Waals surface area contributed by atoms with Crippen molar-refractivity contribution in [1.82, 2.24) is 4.90 Å². The molecule has 0 bridgehead atoms. The van der Waals surface area contributed by atoms with E-state index in [1.165, 1.54) is 11.1 Å². The van der Waals surface area contributed by atoms with Crippen LogP contribution in [0.2, 0.25) is 0 Å². The van der Waals surface area contributed by atoms with Crippen molar-refractivity contribution in [3.05, 3.63) is 60.2 Å². The van der Waals surface area contributed by atoms with Crippen LogP contribution >= 0.6 is 11.6 Å². The van der Waals surface area contributed by atoms with Crippen molar-refractivity contribution in [2.45, 2.75) is 30.7 Å². The fraction of sp³-hybridized carbons (Fsp3) is 0.318. The number of piperidine rings is 1. The monoisotopic (exact) mass is 367 g/mol. The second-order valence-electron chi connectivity index (χ2n) is 7.06. The van der Waals surface area contributed by atoms with Crippen molar-refractivity contribution in [3.8, 4) is 16.9 Å². The molecule has 2 aliphatic heterocycles. The van der Waals surface area contributed by atoms with Gasteiger partial charge in [0.2, 0.25) is 5.91 Å². The van der Waals surface area contributed by atoms with Gasteiger partial charge in [-0.05, 0) is 36.3 Å². The van der Waals surface area contributed by atoms with E-state index in [1.54, 1.807) is 6.92 Å². The summed E-state index contributed by atoms with van der Waals surface area (Å²) in [6, 6.07) is 16.7.